The van der Waals surface area contributed by atoms with E-state index in [0.29, 0.717) is 22.8 Å². The number of nitrogens with two attached hydrogens (primary N) is 1. The van der Waals surface area contributed by atoms with Crippen LogP contribution in [0, 0.1) is 6.92 Å². The first-order valence-electron chi connectivity index (χ1n) is 9.70. The van der Waals surface area contributed by atoms with E-state index in [1.807, 2.05) is 0 Å². The Morgan fingerprint density at radius 3 is 2.56 bits per heavy atom. The lowest BCUT2D eigenvalue weighted by Crippen LogP contribution is -2.15. The first kappa shape index (κ1) is 23.1. The molecule has 13 nitrogen and oxygen atoms in total. The molecule has 0 aliphatic carbocycles. The third kappa shape index (κ3) is 5.30. The van der Waals surface area contributed by atoms with Gasteiger partial charge in [0.25, 0.3) is 0 Å². The van der Waals surface area contributed by atoms with Crippen molar-refractivity contribution < 1.29 is 28.1 Å². The summed E-state index contributed by atoms with van der Waals surface area (Å²) in [4.78, 5) is 49.8. The van der Waals surface area contributed by atoms with Gasteiger partial charge in [0, 0.05) is 28.7 Å². The molecular weight excluding hydrogens is 467 g/mol. The third-order valence-electron chi connectivity index (χ3n) is 4.68. The molecule has 0 aliphatic rings. The molecule has 0 saturated heterocycles. The Hall–Kier alpha value is -4.03. The summed E-state index contributed by atoms with van der Waals surface area (Å²) in [5, 5.41) is 6.15. The fourth-order valence-corrected chi connectivity index (χ4v) is 3.27. The van der Waals surface area contributed by atoms with E-state index in [2.05, 4.69) is 25.1 Å². The van der Waals surface area contributed by atoms with Gasteiger partial charge in [-0.25, -0.2) is 18.9 Å². The van der Waals surface area contributed by atoms with Crippen molar-refractivity contribution in [2.24, 2.45) is 5.73 Å². The highest BCUT2D eigenvalue weighted by Gasteiger charge is 2.17. The Morgan fingerprint density at radius 2 is 1.88 bits per heavy atom. The maximum absolute atomic E-state index is 12.0. The number of hydrogen-bond acceptors (Lipinski definition) is 9. The molecule has 0 unspecified atom stereocenters. The van der Waals surface area contributed by atoms with E-state index in [0.717, 1.165) is 10.1 Å². The number of carbonyl (C=O) groups excluding carboxylic acids is 1. The molecule has 4 aromatic rings. The van der Waals surface area contributed by atoms with Crippen molar-refractivity contribution in [3.05, 3.63) is 70.3 Å². The van der Waals surface area contributed by atoms with Crippen LogP contribution < -0.4 is 22.1 Å². The second kappa shape index (κ2) is 9.08. The Bertz CT molecular complexity index is 1480. The maximum atomic E-state index is 12.0. The number of primary amides is 1. The van der Waals surface area contributed by atoms with Crippen LogP contribution in [0.4, 0.5) is 23.1 Å². The quantitative estimate of drug-likeness (QED) is 0.229. The van der Waals surface area contributed by atoms with Crippen LogP contribution in [0.3, 0.4) is 0 Å². The number of amides is 1. The molecule has 1 amide bonds. The second-order valence-electron chi connectivity index (χ2n) is 7.14. The number of rotatable bonds is 8. The first-order valence-corrected chi connectivity index (χ1v) is 11.2. The van der Waals surface area contributed by atoms with E-state index in [9.17, 15) is 14.2 Å². The number of hydrogen-bond donors (Lipinski definition) is 5. The number of aryl methyl sites for hydroxylation is 1. The Kier molecular flexibility index (Phi) is 6.18. The topological polar surface area (TPSA) is 195 Å². The van der Waals surface area contributed by atoms with Crippen molar-refractivity contribution in [2.75, 3.05) is 10.6 Å². The number of carbonyl (C=O) groups is 1. The highest BCUT2D eigenvalue weighted by atomic mass is 31.2. The smallest absolute Gasteiger partial charge is 0.408 e. The molecule has 34 heavy (non-hydrogen) atoms. The summed E-state index contributed by atoms with van der Waals surface area (Å²) >= 11 is 0. The molecule has 0 aliphatic heterocycles. The van der Waals surface area contributed by atoms with Crippen molar-refractivity contribution in [2.45, 2.75) is 13.7 Å². The average Bonchev–Trinajstić information content (AvgIpc) is 3.09. The Morgan fingerprint density at radius 1 is 1.18 bits per heavy atom. The van der Waals surface area contributed by atoms with Crippen LogP contribution in [-0.2, 0) is 15.8 Å². The molecule has 0 atom stereocenters. The molecule has 2 aromatic carbocycles. The molecule has 6 N–H and O–H groups in total. The minimum Gasteiger partial charge on any atom is -0.408 e. The molecule has 0 bridgehead atoms. The number of oxazole rings is 1. The van der Waals surface area contributed by atoms with Crippen LogP contribution in [0.5, 0.6) is 0 Å². The van der Waals surface area contributed by atoms with Gasteiger partial charge in [-0.2, -0.15) is 4.98 Å². The van der Waals surface area contributed by atoms with Gasteiger partial charge in [-0.05, 0) is 49.4 Å². The van der Waals surface area contributed by atoms with Gasteiger partial charge in [0.15, 0.2) is 5.58 Å². The fourth-order valence-electron chi connectivity index (χ4n) is 3.01. The monoisotopic (exact) mass is 486 g/mol. The summed E-state index contributed by atoms with van der Waals surface area (Å²) in [5.74, 6) is -0.601. The lowest BCUT2D eigenvalue weighted by molar-refractivity contribution is 0.1000. The fraction of sp³-hybridized carbons (Fsp3) is 0.100. The highest BCUT2D eigenvalue weighted by molar-refractivity contribution is 7.46. The zero-order valence-corrected chi connectivity index (χ0v) is 18.5. The minimum absolute atomic E-state index is 0.214. The molecule has 4 rings (SSSR count). The van der Waals surface area contributed by atoms with Crippen LogP contribution in [0.2, 0.25) is 0 Å². The second-order valence-corrected chi connectivity index (χ2v) is 8.38. The number of aromatic nitrogens is 3. The van der Waals surface area contributed by atoms with Crippen LogP contribution in [0.1, 0.15) is 15.9 Å². The van der Waals surface area contributed by atoms with Gasteiger partial charge < -0.3 is 30.6 Å². The zero-order valence-electron chi connectivity index (χ0n) is 17.6. The molecule has 14 heteroatoms. The molecule has 0 fully saturated rings. The van der Waals surface area contributed by atoms with E-state index in [4.69, 9.17) is 19.9 Å². The van der Waals surface area contributed by atoms with Gasteiger partial charge in [0.2, 0.25) is 11.9 Å². The van der Waals surface area contributed by atoms with Crippen molar-refractivity contribution in [3.8, 4) is 0 Å². The van der Waals surface area contributed by atoms with Crippen molar-refractivity contribution >= 4 is 48.0 Å². The van der Waals surface area contributed by atoms with Crippen molar-refractivity contribution in [3.63, 3.8) is 0 Å². The normalized spacial score (nSPS) is 11.5. The van der Waals surface area contributed by atoms with Crippen LogP contribution in [0.15, 0.2) is 57.9 Å². The number of phosphoric acid groups is 1. The number of nitrogens with one attached hydrogen (secondary N) is 2. The zero-order chi connectivity index (χ0) is 24.5. The van der Waals surface area contributed by atoms with Gasteiger partial charge in [0.05, 0.1) is 5.52 Å². The SMILES string of the molecule is Cc1cnc(Nc2ccc(C(N)=O)cc2)nc1Nc1ccc2oc(=O)n(COP(=O)(O)O)c2c1. The number of nitrogens with zero attached hydrogens (tertiary/aromatic N) is 3. The van der Waals surface area contributed by atoms with E-state index >= 15 is 0 Å². The lowest BCUT2D eigenvalue weighted by atomic mass is 10.2. The Balaban J connectivity index is 1.58. The molecule has 2 aromatic heterocycles. The van der Waals surface area contributed by atoms with Crippen molar-refractivity contribution in [1.82, 2.24) is 14.5 Å². The predicted octanol–water partition coefficient (Wildman–Crippen LogP) is 2.35. The molecule has 0 saturated carbocycles. The predicted molar refractivity (Wildman–Crippen MR) is 122 cm³/mol. The van der Waals surface area contributed by atoms with Gasteiger partial charge in [0.1, 0.15) is 12.5 Å². The van der Waals surface area contributed by atoms with Gasteiger partial charge in [-0.15, -0.1) is 0 Å². The summed E-state index contributed by atoms with van der Waals surface area (Å²) in [6.07, 6.45) is 1.61. The van der Waals surface area contributed by atoms with E-state index in [1.54, 1.807) is 49.5 Å². The summed E-state index contributed by atoms with van der Waals surface area (Å²) < 4.78 is 21.5. The lowest BCUT2D eigenvalue weighted by Gasteiger charge is -2.12. The van der Waals surface area contributed by atoms with Gasteiger partial charge >= 0.3 is 13.6 Å². The molecule has 0 spiro atoms. The van der Waals surface area contributed by atoms with Crippen LogP contribution >= 0.6 is 7.82 Å². The molecule has 176 valence electrons. The maximum Gasteiger partial charge on any atom is 0.471 e. The first-order chi connectivity index (χ1) is 16.1. The van der Waals surface area contributed by atoms with Gasteiger partial charge in [-0.1, -0.05) is 0 Å². The van der Waals surface area contributed by atoms with E-state index in [-0.39, 0.29) is 17.0 Å². The van der Waals surface area contributed by atoms with Crippen LogP contribution in [0.25, 0.3) is 11.1 Å². The standard InChI is InChI=1S/C20H19N6O7P/c1-11-9-22-19(24-13-4-2-12(3-5-13)17(21)27)25-18(11)23-14-6-7-16-15(8-14)26(20(28)33-16)10-32-34(29,30)31/h2-9H,10H2,1H3,(H2,21,27)(H2,29,30,31)(H2,22,23,24,25). The third-order valence-corrected chi connectivity index (χ3v) is 5.13. The number of fused-ring (bicyclic) bond motifs is 1. The number of benzene rings is 2. The summed E-state index contributed by atoms with van der Waals surface area (Å²) in [6, 6.07) is 11.2. The largest absolute Gasteiger partial charge is 0.471 e. The van der Waals surface area contributed by atoms with E-state index in [1.165, 1.54) is 6.07 Å². The summed E-state index contributed by atoms with van der Waals surface area (Å²) in [7, 11) is -4.78. The highest BCUT2D eigenvalue weighted by Crippen LogP contribution is 2.36. The average molecular weight is 486 g/mol. The number of anilines is 4. The molecule has 2 heterocycles. The Labute approximate surface area is 191 Å². The summed E-state index contributed by atoms with van der Waals surface area (Å²) in [6.45, 7) is 1.11. The number of phosphoric ester groups is 1. The molecule has 0 radical (unpaired) electrons. The summed E-state index contributed by atoms with van der Waals surface area (Å²) in [5.41, 5.74) is 8.00. The van der Waals surface area contributed by atoms with Crippen molar-refractivity contribution in [1.29, 1.82) is 0 Å². The van der Waals surface area contributed by atoms with Gasteiger partial charge in [-0.3, -0.25) is 9.32 Å². The van der Waals surface area contributed by atoms with Crippen LogP contribution in [-0.4, -0.2) is 30.2 Å². The molecular formula is C20H19N6O7P. The minimum atomic E-state index is -4.78. The van der Waals surface area contributed by atoms with E-state index < -0.39 is 26.2 Å².